The van der Waals surface area contributed by atoms with E-state index in [2.05, 4.69) is 4.90 Å². The van der Waals surface area contributed by atoms with Crippen LogP contribution in [0.25, 0.3) is 0 Å². The van der Waals surface area contributed by atoms with Crippen LogP contribution >= 0.6 is 0 Å². The second-order valence-corrected chi connectivity index (χ2v) is 4.87. The van der Waals surface area contributed by atoms with E-state index in [1.807, 2.05) is 12.1 Å². The standard InChI is InChI=1S/C13H19N3O2/c1-10-3-2-4-12(13(10)16(17)18)15-7-5-11(9-14)6-8-15/h2-4,11H,5-9,14H2,1H3. The molecule has 1 aromatic carbocycles. The van der Waals surface area contributed by atoms with E-state index in [1.165, 1.54) is 0 Å². The maximum Gasteiger partial charge on any atom is 0.295 e. The van der Waals surface area contributed by atoms with Gasteiger partial charge in [-0.25, -0.2) is 0 Å². The smallest absolute Gasteiger partial charge is 0.295 e. The summed E-state index contributed by atoms with van der Waals surface area (Å²) in [6, 6.07) is 5.51. The molecule has 2 N–H and O–H groups in total. The minimum atomic E-state index is -0.278. The fourth-order valence-corrected chi connectivity index (χ4v) is 2.55. The highest BCUT2D eigenvalue weighted by molar-refractivity contribution is 5.66. The van der Waals surface area contributed by atoms with Gasteiger partial charge in [0.15, 0.2) is 0 Å². The number of rotatable bonds is 3. The van der Waals surface area contributed by atoms with Gasteiger partial charge < -0.3 is 10.6 Å². The van der Waals surface area contributed by atoms with E-state index >= 15 is 0 Å². The van der Waals surface area contributed by atoms with Crippen molar-refractivity contribution in [2.75, 3.05) is 24.5 Å². The Labute approximate surface area is 107 Å². The molecule has 0 atom stereocenters. The van der Waals surface area contributed by atoms with Crippen LogP contribution in [0.1, 0.15) is 18.4 Å². The molecule has 0 aliphatic carbocycles. The molecular weight excluding hydrogens is 230 g/mol. The van der Waals surface area contributed by atoms with Gasteiger partial charge in [0.05, 0.1) is 4.92 Å². The molecule has 1 aromatic rings. The van der Waals surface area contributed by atoms with Gasteiger partial charge in [0, 0.05) is 18.7 Å². The first kappa shape index (κ1) is 12.8. The highest BCUT2D eigenvalue weighted by Gasteiger charge is 2.25. The van der Waals surface area contributed by atoms with E-state index in [9.17, 15) is 10.1 Å². The van der Waals surface area contributed by atoms with E-state index in [-0.39, 0.29) is 10.6 Å². The van der Waals surface area contributed by atoms with Crippen molar-refractivity contribution in [2.45, 2.75) is 19.8 Å². The molecule has 1 aliphatic heterocycles. The monoisotopic (exact) mass is 249 g/mol. The zero-order valence-electron chi connectivity index (χ0n) is 10.6. The highest BCUT2D eigenvalue weighted by atomic mass is 16.6. The Hall–Kier alpha value is -1.62. The van der Waals surface area contributed by atoms with Gasteiger partial charge in [0.1, 0.15) is 5.69 Å². The summed E-state index contributed by atoms with van der Waals surface area (Å²) in [5.41, 5.74) is 7.37. The third-order valence-corrected chi connectivity index (χ3v) is 3.69. The molecule has 0 unspecified atom stereocenters. The fourth-order valence-electron chi connectivity index (χ4n) is 2.55. The summed E-state index contributed by atoms with van der Waals surface area (Å²) in [4.78, 5) is 13.0. The van der Waals surface area contributed by atoms with E-state index in [4.69, 9.17) is 5.73 Å². The predicted molar refractivity (Wildman–Crippen MR) is 71.8 cm³/mol. The highest BCUT2D eigenvalue weighted by Crippen LogP contribution is 2.33. The Balaban J connectivity index is 2.24. The normalized spacial score (nSPS) is 16.9. The van der Waals surface area contributed by atoms with Crippen LogP contribution < -0.4 is 10.6 Å². The average molecular weight is 249 g/mol. The number of anilines is 1. The molecule has 1 saturated heterocycles. The van der Waals surface area contributed by atoms with Crippen molar-refractivity contribution < 1.29 is 4.92 Å². The van der Waals surface area contributed by atoms with Crippen LogP contribution in [0.4, 0.5) is 11.4 Å². The van der Waals surface area contributed by atoms with Crippen LogP contribution in [-0.2, 0) is 0 Å². The molecule has 0 bridgehead atoms. The zero-order valence-corrected chi connectivity index (χ0v) is 10.6. The first-order chi connectivity index (χ1) is 8.63. The van der Waals surface area contributed by atoms with Crippen molar-refractivity contribution in [2.24, 2.45) is 11.7 Å². The second kappa shape index (κ2) is 5.35. The van der Waals surface area contributed by atoms with E-state index in [0.29, 0.717) is 12.5 Å². The summed E-state index contributed by atoms with van der Waals surface area (Å²) in [5.74, 6) is 0.560. The van der Waals surface area contributed by atoms with Gasteiger partial charge in [-0.3, -0.25) is 10.1 Å². The van der Waals surface area contributed by atoms with E-state index < -0.39 is 0 Å². The summed E-state index contributed by atoms with van der Waals surface area (Å²) in [6.07, 6.45) is 2.03. The minimum Gasteiger partial charge on any atom is -0.366 e. The molecule has 5 heteroatoms. The summed E-state index contributed by atoms with van der Waals surface area (Å²) >= 11 is 0. The first-order valence-corrected chi connectivity index (χ1v) is 6.32. The molecule has 0 amide bonds. The van der Waals surface area contributed by atoms with Gasteiger partial charge in [-0.15, -0.1) is 0 Å². The van der Waals surface area contributed by atoms with Crippen LogP contribution in [0.3, 0.4) is 0 Å². The molecule has 98 valence electrons. The maximum absolute atomic E-state index is 11.2. The number of nitrogens with zero attached hydrogens (tertiary/aromatic N) is 2. The van der Waals surface area contributed by atoms with E-state index in [0.717, 1.165) is 37.2 Å². The fraction of sp³-hybridized carbons (Fsp3) is 0.538. The van der Waals surface area contributed by atoms with Crippen molar-refractivity contribution in [3.63, 3.8) is 0 Å². The number of nitrogens with two attached hydrogens (primary N) is 1. The number of piperidine rings is 1. The van der Waals surface area contributed by atoms with Gasteiger partial charge in [-0.1, -0.05) is 12.1 Å². The predicted octanol–water partition coefficient (Wildman–Crippen LogP) is 2.08. The number of nitro groups is 1. The minimum absolute atomic E-state index is 0.240. The largest absolute Gasteiger partial charge is 0.366 e. The number of nitro benzene ring substituents is 1. The quantitative estimate of drug-likeness (QED) is 0.657. The first-order valence-electron chi connectivity index (χ1n) is 6.32. The lowest BCUT2D eigenvalue weighted by Crippen LogP contribution is -2.36. The van der Waals surface area contributed by atoms with Gasteiger partial charge >= 0.3 is 0 Å². The molecule has 0 aromatic heterocycles. The molecule has 1 heterocycles. The third kappa shape index (κ3) is 2.46. The second-order valence-electron chi connectivity index (χ2n) is 4.87. The molecule has 0 spiro atoms. The molecule has 18 heavy (non-hydrogen) atoms. The SMILES string of the molecule is Cc1cccc(N2CCC(CN)CC2)c1[N+](=O)[O-]. The van der Waals surface area contributed by atoms with Gasteiger partial charge in [-0.05, 0) is 38.3 Å². The molecule has 0 saturated carbocycles. The van der Waals surface area contributed by atoms with Crippen LogP contribution in [0.2, 0.25) is 0 Å². The Kier molecular flexibility index (Phi) is 3.81. The summed E-state index contributed by atoms with van der Waals surface area (Å²) in [7, 11) is 0. The van der Waals surface area contributed by atoms with Crippen LogP contribution in [-0.4, -0.2) is 24.6 Å². The average Bonchev–Trinajstić information content (AvgIpc) is 2.38. The van der Waals surface area contributed by atoms with Crippen molar-refractivity contribution in [3.8, 4) is 0 Å². The van der Waals surface area contributed by atoms with Crippen LogP contribution in [0.5, 0.6) is 0 Å². The molecule has 1 aliphatic rings. The summed E-state index contributed by atoms with van der Waals surface area (Å²) in [5, 5.41) is 11.2. The van der Waals surface area contributed by atoms with Crippen molar-refractivity contribution in [1.82, 2.24) is 0 Å². The molecule has 0 radical (unpaired) electrons. The van der Waals surface area contributed by atoms with Gasteiger partial charge in [-0.2, -0.15) is 0 Å². The Morgan fingerprint density at radius 3 is 2.67 bits per heavy atom. The molecule has 5 nitrogen and oxygen atoms in total. The third-order valence-electron chi connectivity index (χ3n) is 3.69. The van der Waals surface area contributed by atoms with E-state index in [1.54, 1.807) is 13.0 Å². The lowest BCUT2D eigenvalue weighted by Gasteiger charge is -2.32. The Morgan fingerprint density at radius 1 is 1.44 bits per heavy atom. The Bertz CT molecular complexity index is 440. The van der Waals surface area contributed by atoms with Crippen LogP contribution in [0.15, 0.2) is 18.2 Å². The number of benzene rings is 1. The number of aryl methyl sites for hydroxylation is 1. The summed E-state index contributed by atoms with van der Waals surface area (Å²) in [6.45, 7) is 4.20. The lowest BCUT2D eigenvalue weighted by atomic mass is 9.96. The molecule has 2 rings (SSSR count). The van der Waals surface area contributed by atoms with Crippen molar-refractivity contribution in [1.29, 1.82) is 0 Å². The molecule has 1 fully saturated rings. The van der Waals surface area contributed by atoms with Crippen LogP contribution in [0, 0.1) is 23.0 Å². The number of para-hydroxylation sites is 1. The van der Waals surface area contributed by atoms with Crippen molar-refractivity contribution in [3.05, 3.63) is 33.9 Å². The topological polar surface area (TPSA) is 72.4 Å². The van der Waals surface area contributed by atoms with Gasteiger partial charge in [0.25, 0.3) is 5.69 Å². The molecular formula is C13H19N3O2. The number of hydrogen-bond donors (Lipinski definition) is 1. The van der Waals surface area contributed by atoms with Crippen molar-refractivity contribution >= 4 is 11.4 Å². The lowest BCUT2D eigenvalue weighted by molar-refractivity contribution is -0.384. The summed E-state index contributed by atoms with van der Waals surface area (Å²) < 4.78 is 0. The zero-order chi connectivity index (χ0) is 13.1. The van der Waals surface area contributed by atoms with Gasteiger partial charge in [0.2, 0.25) is 0 Å². The number of hydrogen-bond acceptors (Lipinski definition) is 4. The Morgan fingerprint density at radius 2 is 2.11 bits per heavy atom. The maximum atomic E-state index is 11.2.